The molecule has 2 amide bonds. The number of rotatable bonds is 5. The lowest BCUT2D eigenvalue weighted by atomic mass is 9.91. The molecule has 3 rings (SSSR count). The highest BCUT2D eigenvalue weighted by molar-refractivity contribution is 5.92. The van der Waals surface area contributed by atoms with Gasteiger partial charge in [0.15, 0.2) is 0 Å². The Hall–Kier alpha value is -1.88. The van der Waals surface area contributed by atoms with E-state index in [1.54, 1.807) is 12.1 Å². The van der Waals surface area contributed by atoms with Gasteiger partial charge in [0.1, 0.15) is 0 Å². The Balaban J connectivity index is 1.46. The van der Waals surface area contributed by atoms with E-state index in [1.807, 2.05) is 17.0 Å². The van der Waals surface area contributed by atoms with Crippen molar-refractivity contribution in [2.24, 2.45) is 5.73 Å². The van der Waals surface area contributed by atoms with Crippen LogP contribution in [-0.2, 0) is 11.2 Å². The molecule has 1 aliphatic carbocycles. The number of piperidine rings is 1. The van der Waals surface area contributed by atoms with Gasteiger partial charge in [-0.15, -0.1) is 0 Å². The van der Waals surface area contributed by atoms with Crippen molar-refractivity contribution in [1.82, 2.24) is 10.2 Å². The zero-order valence-corrected chi connectivity index (χ0v) is 13.5. The van der Waals surface area contributed by atoms with Crippen molar-refractivity contribution in [1.29, 1.82) is 0 Å². The van der Waals surface area contributed by atoms with Crippen LogP contribution in [0.25, 0.3) is 0 Å². The number of nitrogens with one attached hydrogen (secondary N) is 1. The summed E-state index contributed by atoms with van der Waals surface area (Å²) >= 11 is 0. The smallest absolute Gasteiger partial charge is 0.248 e. The van der Waals surface area contributed by atoms with Gasteiger partial charge in [-0.2, -0.15) is 0 Å². The van der Waals surface area contributed by atoms with Crippen LogP contribution in [-0.4, -0.2) is 41.9 Å². The molecule has 1 aromatic carbocycles. The fourth-order valence-electron chi connectivity index (χ4n) is 3.28. The molecule has 0 spiro atoms. The number of hydrogen-bond acceptors (Lipinski definition) is 3. The summed E-state index contributed by atoms with van der Waals surface area (Å²) in [5.41, 5.74) is 6.63. The van der Waals surface area contributed by atoms with Gasteiger partial charge < -0.3 is 16.0 Å². The number of benzene rings is 1. The minimum atomic E-state index is -0.441. The minimum Gasteiger partial charge on any atom is -0.366 e. The van der Waals surface area contributed by atoms with Crippen molar-refractivity contribution in [2.45, 2.75) is 50.6 Å². The first-order valence-electron chi connectivity index (χ1n) is 8.54. The lowest BCUT2D eigenvalue weighted by Crippen LogP contribution is -2.49. The van der Waals surface area contributed by atoms with Crippen molar-refractivity contribution >= 4 is 11.8 Å². The molecule has 1 aromatic rings. The van der Waals surface area contributed by atoms with Crippen molar-refractivity contribution < 1.29 is 9.59 Å². The van der Waals surface area contributed by atoms with Gasteiger partial charge in [-0.1, -0.05) is 18.6 Å². The molecule has 2 aliphatic rings. The lowest BCUT2D eigenvalue weighted by molar-refractivity contribution is -0.131. The number of primary amides is 1. The third-order valence-electron chi connectivity index (χ3n) is 5.02. The van der Waals surface area contributed by atoms with Gasteiger partial charge >= 0.3 is 0 Å². The molecule has 23 heavy (non-hydrogen) atoms. The molecule has 0 aromatic heterocycles. The van der Waals surface area contributed by atoms with E-state index in [1.165, 1.54) is 19.3 Å². The van der Waals surface area contributed by atoms with Crippen LogP contribution in [0.4, 0.5) is 0 Å². The fraction of sp³-hybridized carbons (Fsp3) is 0.556. The monoisotopic (exact) mass is 315 g/mol. The van der Waals surface area contributed by atoms with Crippen LogP contribution in [0.5, 0.6) is 0 Å². The standard InChI is InChI=1S/C18H25N3O2/c19-18(23)14-6-4-13(5-7-14)12-17(22)21-10-8-16(9-11-21)20-15-2-1-3-15/h4-7,15-16,20H,1-3,8-12H2,(H2,19,23). The van der Waals surface area contributed by atoms with Gasteiger partial charge in [-0.05, 0) is 43.4 Å². The van der Waals surface area contributed by atoms with Crippen LogP contribution >= 0.6 is 0 Å². The topological polar surface area (TPSA) is 75.4 Å². The van der Waals surface area contributed by atoms with E-state index in [9.17, 15) is 9.59 Å². The number of carbonyl (C=O) groups is 2. The Morgan fingerprint density at radius 2 is 1.65 bits per heavy atom. The molecule has 1 heterocycles. The Morgan fingerprint density at radius 3 is 2.17 bits per heavy atom. The van der Waals surface area contributed by atoms with E-state index in [0.717, 1.165) is 31.5 Å². The second-order valence-corrected chi connectivity index (χ2v) is 6.69. The maximum absolute atomic E-state index is 12.4. The molecule has 3 N–H and O–H groups in total. The summed E-state index contributed by atoms with van der Waals surface area (Å²) in [5, 5.41) is 3.70. The van der Waals surface area contributed by atoms with Gasteiger partial charge in [0.05, 0.1) is 6.42 Å². The van der Waals surface area contributed by atoms with Gasteiger partial charge in [-0.3, -0.25) is 9.59 Å². The molecule has 124 valence electrons. The van der Waals surface area contributed by atoms with E-state index in [0.29, 0.717) is 24.1 Å². The lowest BCUT2D eigenvalue weighted by Gasteiger charge is -2.37. The first kappa shape index (κ1) is 16.0. The molecule has 1 saturated carbocycles. The van der Waals surface area contributed by atoms with E-state index >= 15 is 0 Å². The summed E-state index contributed by atoms with van der Waals surface area (Å²) in [5.74, 6) is -0.275. The quantitative estimate of drug-likeness (QED) is 0.864. The highest BCUT2D eigenvalue weighted by Crippen LogP contribution is 2.21. The van der Waals surface area contributed by atoms with Crippen LogP contribution in [0, 0.1) is 0 Å². The predicted octanol–water partition coefficient (Wildman–Crippen LogP) is 1.46. The predicted molar refractivity (Wildman–Crippen MR) is 89.0 cm³/mol. The van der Waals surface area contributed by atoms with Crippen molar-refractivity contribution in [2.75, 3.05) is 13.1 Å². The van der Waals surface area contributed by atoms with Gasteiger partial charge in [0.25, 0.3) is 0 Å². The summed E-state index contributed by atoms with van der Waals surface area (Å²) in [6.07, 6.45) is 6.44. The molecule has 1 saturated heterocycles. The van der Waals surface area contributed by atoms with E-state index < -0.39 is 5.91 Å². The SMILES string of the molecule is NC(=O)c1ccc(CC(=O)N2CCC(NC3CCC3)CC2)cc1. The van der Waals surface area contributed by atoms with E-state index in [-0.39, 0.29) is 5.91 Å². The van der Waals surface area contributed by atoms with Crippen LogP contribution in [0.2, 0.25) is 0 Å². The number of carbonyl (C=O) groups excluding carboxylic acids is 2. The number of nitrogens with zero attached hydrogens (tertiary/aromatic N) is 1. The van der Waals surface area contributed by atoms with Gasteiger partial charge in [0, 0.05) is 30.7 Å². The molecular formula is C18H25N3O2. The molecular weight excluding hydrogens is 290 g/mol. The summed E-state index contributed by atoms with van der Waals surface area (Å²) < 4.78 is 0. The zero-order chi connectivity index (χ0) is 16.2. The largest absolute Gasteiger partial charge is 0.366 e. The average Bonchev–Trinajstić information content (AvgIpc) is 2.52. The van der Waals surface area contributed by atoms with Crippen molar-refractivity contribution in [3.8, 4) is 0 Å². The normalized spacial score (nSPS) is 19.4. The maximum atomic E-state index is 12.4. The average molecular weight is 315 g/mol. The Morgan fingerprint density at radius 1 is 1.04 bits per heavy atom. The van der Waals surface area contributed by atoms with Gasteiger partial charge in [0.2, 0.25) is 11.8 Å². The van der Waals surface area contributed by atoms with Gasteiger partial charge in [-0.25, -0.2) is 0 Å². The third kappa shape index (κ3) is 4.10. The highest BCUT2D eigenvalue weighted by Gasteiger charge is 2.26. The number of amides is 2. The van der Waals surface area contributed by atoms with Crippen molar-refractivity contribution in [3.05, 3.63) is 35.4 Å². The zero-order valence-electron chi connectivity index (χ0n) is 13.5. The Labute approximate surface area is 137 Å². The summed E-state index contributed by atoms with van der Waals surface area (Å²) in [6, 6.07) is 8.26. The second-order valence-electron chi connectivity index (χ2n) is 6.69. The number of nitrogens with two attached hydrogens (primary N) is 1. The van der Waals surface area contributed by atoms with Crippen LogP contribution in [0.15, 0.2) is 24.3 Å². The molecule has 2 fully saturated rings. The summed E-state index contributed by atoms with van der Waals surface area (Å²) in [6.45, 7) is 1.67. The van der Waals surface area contributed by atoms with Crippen LogP contribution in [0.3, 0.4) is 0 Å². The molecule has 5 nitrogen and oxygen atoms in total. The fourth-order valence-corrected chi connectivity index (χ4v) is 3.28. The maximum Gasteiger partial charge on any atom is 0.248 e. The summed E-state index contributed by atoms with van der Waals surface area (Å²) in [7, 11) is 0. The molecule has 0 bridgehead atoms. The molecule has 0 radical (unpaired) electrons. The third-order valence-corrected chi connectivity index (χ3v) is 5.02. The van der Waals surface area contributed by atoms with E-state index in [2.05, 4.69) is 5.32 Å². The highest BCUT2D eigenvalue weighted by atomic mass is 16.2. The second kappa shape index (κ2) is 7.13. The molecule has 0 atom stereocenters. The summed E-state index contributed by atoms with van der Waals surface area (Å²) in [4.78, 5) is 25.4. The van der Waals surface area contributed by atoms with Crippen molar-refractivity contribution in [3.63, 3.8) is 0 Å². The first-order chi connectivity index (χ1) is 11.1. The van der Waals surface area contributed by atoms with Crippen LogP contribution in [0.1, 0.15) is 48.0 Å². The minimum absolute atomic E-state index is 0.166. The van der Waals surface area contributed by atoms with Crippen LogP contribution < -0.4 is 11.1 Å². The molecule has 0 unspecified atom stereocenters. The Bertz CT molecular complexity index is 558. The molecule has 5 heteroatoms. The first-order valence-corrected chi connectivity index (χ1v) is 8.54. The van der Waals surface area contributed by atoms with E-state index in [4.69, 9.17) is 5.73 Å². The Kier molecular flexibility index (Phi) is 4.96. The number of likely N-dealkylation sites (tertiary alicyclic amines) is 1. The number of hydrogen-bond donors (Lipinski definition) is 2. The molecule has 1 aliphatic heterocycles.